The maximum absolute atomic E-state index is 11.2. The maximum Gasteiger partial charge on any atom is 0.377 e. The van der Waals surface area contributed by atoms with Gasteiger partial charge in [-0.25, -0.2) is 0 Å². The van der Waals surface area contributed by atoms with Crippen molar-refractivity contribution in [3.8, 4) is 0 Å². The van der Waals surface area contributed by atoms with Crippen molar-refractivity contribution in [1.29, 1.82) is 0 Å². The summed E-state index contributed by atoms with van der Waals surface area (Å²) in [6.45, 7) is 2.41. The third-order valence-electron chi connectivity index (χ3n) is 3.91. The standard InChI is InChI=1S/C10H18BNO3/c1-11(15)12-6-7-4-2-3-5-8(7)9(12)10(13)14/h7-9,15H,2-6H2,1H3,(H,13,14). The second-order valence-corrected chi connectivity index (χ2v) is 4.82. The highest BCUT2D eigenvalue weighted by atomic mass is 16.4. The van der Waals surface area contributed by atoms with Gasteiger partial charge in [0.25, 0.3) is 0 Å². The fourth-order valence-electron chi connectivity index (χ4n) is 3.22. The Bertz CT molecular complexity index is 257. The van der Waals surface area contributed by atoms with Gasteiger partial charge in [0.2, 0.25) is 0 Å². The SMILES string of the molecule is CB(O)N1CC2CCCCC2C1C(=O)O. The van der Waals surface area contributed by atoms with Gasteiger partial charge in [-0.15, -0.1) is 0 Å². The van der Waals surface area contributed by atoms with Crippen LogP contribution in [-0.2, 0) is 4.79 Å². The Morgan fingerprint density at radius 1 is 1.40 bits per heavy atom. The number of rotatable bonds is 2. The lowest BCUT2D eigenvalue weighted by atomic mass is 9.78. The van der Waals surface area contributed by atoms with E-state index in [9.17, 15) is 14.9 Å². The van der Waals surface area contributed by atoms with Crippen molar-refractivity contribution in [1.82, 2.24) is 4.81 Å². The number of carboxylic acid groups (broad SMARTS) is 1. The maximum atomic E-state index is 11.2. The van der Waals surface area contributed by atoms with Crippen LogP contribution in [0.2, 0.25) is 6.82 Å². The van der Waals surface area contributed by atoms with E-state index >= 15 is 0 Å². The van der Waals surface area contributed by atoms with E-state index in [0.29, 0.717) is 5.92 Å². The molecule has 3 unspecified atom stereocenters. The van der Waals surface area contributed by atoms with Crippen molar-refractivity contribution in [2.24, 2.45) is 11.8 Å². The van der Waals surface area contributed by atoms with Crippen LogP contribution in [0.25, 0.3) is 0 Å². The third-order valence-corrected chi connectivity index (χ3v) is 3.91. The fourth-order valence-corrected chi connectivity index (χ4v) is 3.22. The van der Waals surface area contributed by atoms with Crippen LogP contribution in [0.1, 0.15) is 25.7 Å². The largest absolute Gasteiger partial charge is 0.480 e. The molecular weight excluding hydrogens is 193 g/mol. The second-order valence-electron chi connectivity index (χ2n) is 4.82. The molecule has 1 heterocycles. The molecule has 1 saturated carbocycles. The number of carbonyl (C=O) groups is 1. The topological polar surface area (TPSA) is 60.8 Å². The molecule has 2 aliphatic rings. The highest BCUT2D eigenvalue weighted by Gasteiger charge is 2.48. The zero-order chi connectivity index (χ0) is 11.0. The van der Waals surface area contributed by atoms with Gasteiger partial charge in [0.15, 0.2) is 0 Å². The van der Waals surface area contributed by atoms with Crippen LogP contribution in [0.15, 0.2) is 0 Å². The van der Waals surface area contributed by atoms with E-state index in [1.807, 2.05) is 0 Å². The van der Waals surface area contributed by atoms with Crippen LogP contribution in [0.3, 0.4) is 0 Å². The molecule has 1 saturated heterocycles. The van der Waals surface area contributed by atoms with E-state index in [1.54, 1.807) is 11.6 Å². The number of hydrogen-bond donors (Lipinski definition) is 2. The highest BCUT2D eigenvalue weighted by molar-refractivity contribution is 6.45. The number of aliphatic carboxylic acids is 1. The Balaban J connectivity index is 2.17. The molecule has 1 aliphatic heterocycles. The second kappa shape index (κ2) is 4.14. The first kappa shape index (κ1) is 11.0. The molecule has 0 radical (unpaired) electrons. The summed E-state index contributed by atoms with van der Waals surface area (Å²) in [5, 5.41) is 18.8. The summed E-state index contributed by atoms with van der Waals surface area (Å²) in [4.78, 5) is 13.0. The van der Waals surface area contributed by atoms with Crippen molar-refractivity contribution in [3.05, 3.63) is 0 Å². The van der Waals surface area contributed by atoms with Crippen molar-refractivity contribution in [2.45, 2.75) is 38.5 Å². The summed E-state index contributed by atoms with van der Waals surface area (Å²) >= 11 is 0. The number of carboxylic acids is 1. The monoisotopic (exact) mass is 211 g/mol. The molecule has 2 N–H and O–H groups in total. The number of hydrogen-bond acceptors (Lipinski definition) is 3. The molecule has 5 heteroatoms. The van der Waals surface area contributed by atoms with Crippen molar-refractivity contribution < 1.29 is 14.9 Å². The van der Waals surface area contributed by atoms with Crippen LogP contribution in [0, 0.1) is 11.8 Å². The Hall–Kier alpha value is -0.545. The van der Waals surface area contributed by atoms with E-state index < -0.39 is 19.1 Å². The first-order chi connectivity index (χ1) is 7.11. The number of fused-ring (bicyclic) bond motifs is 1. The summed E-state index contributed by atoms with van der Waals surface area (Å²) in [6, 6.07) is -0.463. The minimum absolute atomic E-state index is 0.255. The first-order valence-electron chi connectivity index (χ1n) is 5.78. The van der Waals surface area contributed by atoms with E-state index in [4.69, 9.17) is 0 Å². The average molecular weight is 211 g/mol. The van der Waals surface area contributed by atoms with Crippen LogP contribution in [-0.4, -0.2) is 40.5 Å². The lowest BCUT2D eigenvalue weighted by Gasteiger charge is -2.27. The van der Waals surface area contributed by atoms with Crippen LogP contribution >= 0.6 is 0 Å². The molecular formula is C10H18BNO3. The molecule has 84 valence electrons. The van der Waals surface area contributed by atoms with E-state index in [-0.39, 0.29) is 5.92 Å². The third kappa shape index (κ3) is 1.90. The van der Waals surface area contributed by atoms with E-state index in [2.05, 4.69) is 0 Å². The summed E-state index contributed by atoms with van der Waals surface area (Å²) in [5.41, 5.74) is 0. The molecule has 0 spiro atoms. The average Bonchev–Trinajstić information content (AvgIpc) is 2.56. The molecule has 3 atom stereocenters. The molecule has 0 bridgehead atoms. The highest BCUT2D eigenvalue weighted by Crippen LogP contribution is 2.40. The van der Waals surface area contributed by atoms with E-state index in [0.717, 1.165) is 25.8 Å². The predicted octanol–water partition coefficient (Wildman–Crippen LogP) is 0.672. The van der Waals surface area contributed by atoms with Gasteiger partial charge in [-0.3, -0.25) is 4.79 Å². The molecule has 0 aromatic carbocycles. The normalized spacial score (nSPS) is 36.3. The van der Waals surface area contributed by atoms with Gasteiger partial charge in [0.05, 0.1) is 0 Å². The van der Waals surface area contributed by atoms with E-state index in [1.165, 1.54) is 6.42 Å². The molecule has 4 nitrogen and oxygen atoms in total. The molecule has 15 heavy (non-hydrogen) atoms. The summed E-state index contributed by atoms with van der Waals surface area (Å²) < 4.78 is 0. The van der Waals surface area contributed by atoms with Crippen molar-refractivity contribution in [2.75, 3.05) is 6.54 Å². The van der Waals surface area contributed by atoms with Gasteiger partial charge in [-0.2, -0.15) is 0 Å². The van der Waals surface area contributed by atoms with Crippen LogP contribution in [0.5, 0.6) is 0 Å². The van der Waals surface area contributed by atoms with Gasteiger partial charge < -0.3 is 14.9 Å². The Labute approximate surface area is 90.4 Å². The van der Waals surface area contributed by atoms with Gasteiger partial charge in [-0.05, 0) is 38.0 Å². The fraction of sp³-hybridized carbons (Fsp3) is 0.900. The quantitative estimate of drug-likeness (QED) is 0.659. The van der Waals surface area contributed by atoms with Gasteiger partial charge in [0, 0.05) is 0 Å². The summed E-state index contributed by atoms with van der Waals surface area (Å²) in [7, 11) is -0.642. The molecule has 1 aliphatic carbocycles. The van der Waals surface area contributed by atoms with Crippen LogP contribution in [0.4, 0.5) is 0 Å². The first-order valence-corrected chi connectivity index (χ1v) is 5.78. The van der Waals surface area contributed by atoms with Crippen LogP contribution < -0.4 is 0 Å². The molecule has 0 aromatic heterocycles. The van der Waals surface area contributed by atoms with Gasteiger partial charge in [-0.1, -0.05) is 12.8 Å². The number of nitrogens with zero attached hydrogens (tertiary/aromatic N) is 1. The summed E-state index contributed by atoms with van der Waals surface area (Å²) in [6.07, 6.45) is 4.47. The molecule has 2 rings (SSSR count). The Morgan fingerprint density at radius 2 is 2.07 bits per heavy atom. The molecule has 2 fully saturated rings. The smallest absolute Gasteiger partial charge is 0.377 e. The predicted molar refractivity (Wildman–Crippen MR) is 57.4 cm³/mol. The molecule has 0 aromatic rings. The molecule has 0 amide bonds. The summed E-state index contributed by atoms with van der Waals surface area (Å²) in [5.74, 6) is -0.0365. The van der Waals surface area contributed by atoms with Crippen molar-refractivity contribution >= 4 is 13.0 Å². The van der Waals surface area contributed by atoms with Crippen molar-refractivity contribution in [3.63, 3.8) is 0 Å². The minimum atomic E-state index is -0.773. The lowest BCUT2D eigenvalue weighted by molar-refractivity contribution is -0.142. The zero-order valence-electron chi connectivity index (χ0n) is 9.09. The minimum Gasteiger partial charge on any atom is -0.480 e. The lowest BCUT2D eigenvalue weighted by Crippen LogP contribution is -2.47. The van der Waals surface area contributed by atoms with Gasteiger partial charge in [0.1, 0.15) is 6.04 Å². The zero-order valence-corrected chi connectivity index (χ0v) is 9.09. The van der Waals surface area contributed by atoms with Gasteiger partial charge >= 0.3 is 13.0 Å². The Kier molecular flexibility index (Phi) is 3.02. The Morgan fingerprint density at radius 3 is 2.67 bits per heavy atom.